The quantitative estimate of drug-likeness (QED) is 0.321. The highest BCUT2D eigenvalue weighted by Gasteiger charge is 2.22. The molecule has 0 saturated heterocycles. The number of benzene rings is 1. The molecule has 2 rings (SSSR count). The van der Waals surface area contributed by atoms with E-state index in [1.165, 1.54) is 24.3 Å². The van der Waals surface area contributed by atoms with Crippen molar-refractivity contribution in [1.82, 2.24) is 4.90 Å². The van der Waals surface area contributed by atoms with Crippen LogP contribution in [0.1, 0.15) is 11.1 Å². The van der Waals surface area contributed by atoms with Gasteiger partial charge in [-0.1, -0.05) is 12.1 Å². The second kappa shape index (κ2) is 10.6. The van der Waals surface area contributed by atoms with Crippen LogP contribution in [-0.4, -0.2) is 65.2 Å². The monoisotopic (exact) mass is 401 g/mol. The second-order valence-electron chi connectivity index (χ2n) is 5.76. The molecule has 9 nitrogen and oxygen atoms in total. The van der Waals surface area contributed by atoms with E-state index in [1.807, 2.05) is 0 Å². The number of carboxylic acids is 2. The van der Waals surface area contributed by atoms with Crippen molar-refractivity contribution < 1.29 is 38.9 Å². The Kier molecular flexibility index (Phi) is 7.87. The Hall–Kier alpha value is -3.72. The van der Waals surface area contributed by atoms with Crippen molar-refractivity contribution in [2.75, 3.05) is 26.4 Å². The van der Waals surface area contributed by atoms with Gasteiger partial charge in [0.15, 0.2) is 0 Å². The maximum absolute atomic E-state index is 11.4. The van der Waals surface area contributed by atoms with Gasteiger partial charge >= 0.3 is 11.9 Å². The summed E-state index contributed by atoms with van der Waals surface area (Å²) >= 11 is 0. The van der Waals surface area contributed by atoms with Crippen LogP contribution < -0.4 is 4.74 Å². The number of carboxylic acid groups (broad SMARTS) is 2. The second-order valence-corrected chi connectivity index (χ2v) is 5.76. The van der Waals surface area contributed by atoms with Crippen molar-refractivity contribution in [1.29, 1.82) is 0 Å². The van der Waals surface area contributed by atoms with Crippen molar-refractivity contribution in [2.45, 2.75) is 0 Å². The molecule has 0 atom stereocenters. The van der Waals surface area contributed by atoms with E-state index in [9.17, 15) is 19.2 Å². The molecule has 0 aromatic heterocycles. The molecule has 1 aliphatic rings. The van der Waals surface area contributed by atoms with Crippen molar-refractivity contribution in [3.8, 4) is 5.75 Å². The number of rotatable bonds is 11. The van der Waals surface area contributed by atoms with Crippen LogP contribution in [0.25, 0.3) is 12.2 Å². The van der Waals surface area contributed by atoms with Gasteiger partial charge in [-0.3, -0.25) is 14.5 Å². The molecule has 1 aromatic carbocycles. The van der Waals surface area contributed by atoms with E-state index in [4.69, 9.17) is 19.7 Å². The molecule has 0 bridgehead atoms. The lowest BCUT2D eigenvalue weighted by atomic mass is 10.1. The Morgan fingerprint density at radius 2 is 1.59 bits per heavy atom. The molecule has 152 valence electrons. The summed E-state index contributed by atoms with van der Waals surface area (Å²) in [5.74, 6) is -2.62. The zero-order valence-corrected chi connectivity index (χ0v) is 15.3. The van der Waals surface area contributed by atoms with Crippen LogP contribution in [0.5, 0.6) is 5.75 Å². The molecule has 9 heteroatoms. The maximum atomic E-state index is 11.4. The van der Waals surface area contributed by atoms with E-state index in [1.54, 1.807) is 18.2 Å². The van der Waals surface area contributed by atoms with Gasteiger partial charge in [-0.2, -0.15) is 0 Å². The molecule has 2 amide bonds. The van der Waals surface area contributed by atoms with Crippen LogP contribution in [0.15, 0.2) is 42.5 Å². The van der Waals surface area contributed by atoms with Gasteiger partial charge in [0.2, 0.25) is 0 Å². The first-order valence-corrected chi connectivity index (χ1v) is 8.57. The summed E-state index contributed by atoms with van der Waals surface area (Å²) in [5.41, 5.74) is 1.06. The fourth-order valence-electron chi connectivity index (χ4n) is 2.37. The third kappa shape index (κ3) is 7.07. The minimum atomic E-state index is -1.12. The van der Waals surface area contributed by atoms with Gasteiger partial charge in [0, 0.05) is 29.9 Å². The van der Waals surface area contributed by atoms with E-state index >= 15 is 0 Å². The average molecular weight is 401 g/mol. The fourth-order valence-corrected chi connectivity index (χ4v) is 2.37. The van der Waals surface area contributed by atoms with Gasteiger partial charge in [0.25, 0.3) is 11.8 Å². The molecule has 0 fully saturated rings. The van der Waals surface area contributed by atoms with Gasteiger partial charge in [-0.25, -0.2) is 9.59 Å². The predicted molar refractivity (Wildman–Crippen MR) is 102 cm³/mol. The highest BCUT2D eigenvalue weighted by molar-refractivity contribution is 6.12. The summed E-state index contributed by atoms with van der Waals surface area (Å²) in [4.78, 5) is 45.3. The lowest BCUT2D eigenvalue weighted by Gasteiger charge is -2.14. The molecular formula is C20H19NO8. The minimum absolute atomic E-state index is 0.125. The highest BCUT2D eigenvalue weighted by Crippen LogP contribution is 2.23. The standard InChI is InChI=1S/C20H19NO8/c22-17-5-6-18(23)21(17)9-10-28-11-12-29-16-13-14(2-7-19(24)25)1-3-15(16)4-8-20(26)27/h1-8,13H,9-12H2,(H,24,25)(H,26,27). The van der Waals surface area contributed by atoms with Crippen LogP contribution >= 0.6 is 0 Å². The smallest absolute Gasteiger partial charge is 0.328 e. The number of carbonyl (C=O) groups is 4. The van der Waals surface area contributed by atoms with Crippen molar-refractivity contribution in [2.24, 2.45) is 0 Å². The van der Waals surface area contributed by atoms with E-state index < -0.39 is 11.9 Å². The Morgan fingerprint density at radius 3 is 2.24 bits per heavy atom. The molecule has 1 heterocycles. The van der Waals surface area contributed by atoms with Gasteiger partial charge in [0.05, 0.1) is 19.8 Å². The molecule has 0 saturated carbocycles. The summed E-state index contributed by atoms with van der Waals surface area (Å²) in [6, 6.07) is 4.81. The van der Waals surface area contributed by atoms with Crippen LogP contribution in [0, 0.1) is 0 Å². The first-order valence-electron chi connectivity index (χ1n) is 8.57. The van der Waals surface area contributed by atoms with Gasteiger partial charge in [-0.15, -0.1) is 0 Å². The average Bonchev–Trinajstić information content (AvgIpc) is 2.99. The topological polar surface area (TPSA) is 130 Å². The molecule has 29 heavy (non-hydrogen) atoms. The number of nitrogens with zero attached hydrogens (tertiary/aromatic N) is 1. The Balaban J connectivity index is 1.90. The number of hydrogen-bond acceptors (Lipinski definition) is 6. The van der Waals surface area contributed by atoms with E-state index in [-0.39, 0.29) is 38.2 Å². The molecule has 2 N–H and O–H groups in total. The molecular weight excluding hydrogens is 382 g/mol. The van der Waals surface area contributed by atoms with Crippen LogP contribution in [0.4, 0.5) is 0 Å². The number of ether oxygens (including phenoxy) is 2. The number of imide groups is 1. The van der Waals surface area contributed by atoms with Crippen LogP contribution in [0.2, 0.25) is 0 Å². The van der Waals surface area contributed by atoms with Crippen LogP contribution in [0.3, 0.4) is 0 Å². The Labute approximate surface area is 166 Å². The summed E-state index contributed by atoms with van der Waals surface area (Å²) in [5, 5.41) is 17.5. The van der Waals surface area contributed by atoms with Crippen molar-refractivity contribution in [3.63, 3.8) is 0 Å². The van der Waals surface area contributed by atoms with Crippen molar-refractivity contribution >= 4 is 35.9 Å². The zero-order chi connectivity index (χ0) is 21.2. The molecule has 0 aliphatic carbocycles. The predicted octanol–water partition coefficient (Wildman–Crippen LogP) is 1.20. The third-order valence-electron chi connectivity index (χ3n) is 3.71. The first kappa shape index (κ1) is 21.6. The minimum Gasteiger partial charge on any atom is -0.491 e. The van der Waals surface area contributed by atoms with Gasteiger partial charge in [-0.05, 0) is 23.8 Å². The normalized spacial score (nSPS) is 13.7. The zero-order valence-electron chi connectivity index (χ0n) is 15.3. The lowest BCUT2D eigenvalue weighted by Crippen LogP contribution is -2.33. The summed E-state index contributed by atoms with van der Waals surface area (Å²) in [6.45, 7) is 0.573. The number of carbonyl (C=O) groups excluding carboxylic acids is 2. The Bertz CT molecular complexity index is 866. The Morgan fingerprint density at radius 1 is 0.931 bits per heavy atom. The third-order valence-corrected chi connectivity index (χ3v) is 3.71. The van der Waals surface area contributed by atoms with E-state index in [2.05, 4.69) is 0 Å². The van der Waals surface area contributed by atoms with E-state index in [0.717, 1.165) is 17.1 Å². The highest BCUT2D eigenvalue weighted by atomic mass is 16.5. The van der Waals surface area contributed by atoms with Gasteiger partial charge in [0.1, 0.15) is 12.4 Å². The number of amides is 2. The van der Waals surface area contributed by atoms with Gasteiger partial charge < -0.3 is 19.7 Å². The summed E-state index contributed by atoms with van der Waals surface area (Å²) in [7, 11) is 0. The molecule has 1 aromatic rings. The number of aliphatic carboxylic acids is 2. The largest absolute Gasteiger partial charge is 0.491 e. The van der Waals surface area contributed by atoms with E-state index in [0.29, 0.717) is 16.9 Å². The summed E-state index contributed by atoms with van der Waals surface area (Å²) in [6.07, 6.45) is 7.08. The molecule has 0 spiro atoms. The maximum Gasteiger partial charge on any atom is 0.328 e. The molecule has 0 radical (unpaired) electrons. The lowest BCUT2D eigenvalue weighted by molar-refractivity contribution is -0.138. The van der Waals surface area contributed by atoms with Crippen molar-refractivity contribution in [3.05, 3.63) is 53.6 Å². The SMILES string of the molecule is O=C(O)C=Cc1ccc(C=CC(=O)O)c(OCCOCCN2C(=O)C=CC2=O)c1. The first-order chi connectivity index (χ1) is 13.9. The molecule has 1 aliphatic heterocycles. The number of hydrogen-bond donors (Lipinski definition) is 2. The molecule has 0 unspecified atom stereocenters. The summed E-state index contributed by atoms with van der Waals surface area (Å²) < 4.78 is 11.0. The fraction of sp³-hybridized carbons (Fsp3) is 0.200. The van der Waals surface area contributed by atoms with Crippen LogP contribution in [-0.2, 0) is 23.9 Å².